The van der Waals surface area contributed by atoms with E-state index >= 15 is 0 Å². The molecule has 1 aliphatic carbocycles. The van der Waals surface area contributed by atoms with E-state index in [2.05, 4.69) is 175 Å². The molecule has 0 N–H and O–H groups in total. The van der Waals surface area contributed by atoms with Crippen LogP contribution in [0.15, 0.2) is 133 Å². The fraction of sp³-hybridized carbons (Fsp3) is 0.191. The van der Waals surface area contributed by atoms with E-state index in [9.17, 15) is 0 Å². The smallest absolute Gasteiger partial charge is 0.135 e. The summed E-state index contributed by atoms with van der Waals surface area (Å²) < 4.78 is 6.79. The Hall–Kier alpha value is -5.14. The summed E-state index contributed by atoms with van der Waals surface area (Å²) in [5, 5.41) is 4.90. The summed E-state index contributed by atoms with van der Waals surface area (Å²) in [6.07, 6.45) is 0. The summed E-state index contributed by atoms with van der Waals surface area (Å²) in [7, 11) is 0. The first-order valence-electron chi connectivity index (χ1n) is 17.2. The number of ether oxygens (including phenoxy) is 1. The fourth-order valence-corrected chi connectivity index (χ4v) is 8.37. The number of rotatable bonds is 2. The highest BCUT2D eigenvalue weighted by atomic mass is 16.5. The zero-order valence-electron chi connectivity index (χ0n) is 28.6. The van der Waals surface area contributed by atoms with E-state index < -0.39 is 5.41 Å². The van der Waals surface area contributed by atoms with Crippen LogP contribution in [0.25, 0.3) is 43.8 Å². The van der Waals surface area contributed by atoms with Gasteiger partial charge in [-0.05, 0) is 95.3 Å². The Morgan fingerprint density at radius 3 is 1.71 bits per heavy atom. The van der Waals surface area contributed by atoms with E-state index in [1.165, 1.54) is 71.6 Å². The second-order valence-electron chi connectivity index (χ2n) is 15.8. The minimum atomic E-state index is -0.526. The quantitative estimate of drug-likeness (QED) is 0.187. The van der Waals surface area contributed by atoms with Crippen molar-refractivity contribution in [3.8, 4) is 33.8 Å². The highest BCUT2D eigenvalue weighted by Crippen LogP contribution is 2.61. The Labute approximate surface area is 283 Å². The molecule has 48 heavy (non-hydrogen) atoms. The number of benzene rings is 7. The minimum Gasteiger partial charge on any atom is -0.456 e. The lowest BCUT2D eigenvalue weighted by atomic mass is 9.66. The molecule has 0 saturated carbocycles. The van der Waals surface area contributed by atoms with Crippen molar-refractivity contribution in [2.24, 2.45) is 0 Å². The molecule has 0 bridgehead atoms. The fourth-order valence-electron chi connectivity index (χ4n) is 8.37. The molecule has 1 heteroatoms. The molecule has 0 saturated heterocycles. The van der Waals surface area contributed by atoms with Crippen molar-refractivity contribution in [2.75, 3.05) is 0 Å². The van der Waals surface area contributed by atoms with Gasteiger partial charge in [0.15, 0.2) is 0 Å². The molecule has 7 aromatic rings. The van der Waals surface area contributed by atoms with Gasteiger partial charge < -0.3 is 4.74 Å². The SMILES string of the molecule is CC(C)(C)c1ccc(C2(c3ccc(C(C)(C)C)cc3)c3cc4c(cc3-c3c2ccc2ccccc32)Oc2cccc3cccc-4c23)cc1. The second kappa shape index (κ2) is 9.94. The molecule has 234 valence electrons. The third kappa shape index (κ3) is 4.03. The first-order valence-corrected chi connectivity index (χ1v) is 17.2. The first-order chi connectivity index (χ1) is 23.0. The molecule has 0 aromatic heterocycles. The molecule has 1 aliphatic heterocycles. The van der Waals surface area contributed by atoms with E-state index in [0.717, 1.165) is 17.1 Å². The molecule has 0 amide bonds. The van der Waals surface area contributed by atoms with E-state index in [0.29, 0.717) is 0 Å². The van der Waals surface area contributed by atoms with Crippen LogP contribution < -0.4 is 4.74 Å². The van der Waals surface area contributed by atoms with Crippen molar-refractivity contribution in [3.63, 3.8) is 0 Å². The highest BCUT2D eigenvalue weighted by molar-refractivity contribution is 6.08. The van der Waals surface area contributed by atoms with Crippen molar-refractivity contribution in [1.82, 2.24) is 0 Å². The Kier molecular flexibility index (Phi) is 6.01. The summed E-state index contributed by atoms with van der Waals surface area (Å²) in [6.45, 7) is 13.8. The van der Waals surface area contributed by atoms with Gasteiger partial charge in [-0.15, -0.1) is 0 Å². The Morgan fingerprint density at radius 1 is 0.458 bits per heavy atom. The predicted octanol–water partition coefficient (Wildman–Crippen LogP) is 12.7. The maximum Gasteiger partial charge on any atom is 0.135 e. The van der Waals surface area contributed by atoms with Crippen molar-refractivity contribution in [2.45, 2.75) is 57.8 Å². The molecule has 0 atom stereocenters. The van der Waals surface area contributed by atoms with Crippen LogP contribution in [0.1, 0.15) is 74.9 Å². The van der Waals surface area contributed by atoms with Gasteiger partial charge in [0.1, 0.15) is 11.5 Å². The molecule has 0 unspecified atom stereocenters. The van der Waals surface area contributed by atoms with Gasteiger partial charge in [0.05, 0.1) is 5.41 Å². The van der Waals surface area contributed by atoms with Crippen molar-refractivity contribution in [1.29, 1.82) is 0 Å². The van der Waals surface area contributed by atoms with Gasteiger partial charge in [-0.3, -0.25) is 0 Å². The van der Waals surface area contributed by atoms with Gasteiger partial charge in [-0.2, -0.15) is 0 Å². The average Bonchev–Trinajstić information content (AvgIpc) is 3.37. The third-order valence-electron chi connectivity index (χ3n) is 10.9. The molecule has 0 radical (unpaired) electrons. The molecule has 2 aliphatic rings. The predicted molar refractivity (Wildman–Crippen MR) is 202 cm³/mol. The molecule has 1 nitrogen and oxygen atoms in total. The lowest BCUT2D eigenvalue weighted by Gasteiger charge is -2.35. The van der Waals surface area contributed by atoms with Gasteiger partial charge in [-0.25, -0.2) is 0 Å². The Balaban J connectivity index is 1.43. The third-order valence-corrected chi connectivity index (χ3v) is 10.9. The van der Waals surface area contributed by atoms with Gasteiger partial charge in [0.2, 0.25) is 0 Å². The van der Waals surface area contributed by atoms with Gasteiger partial charge in [0, 0.05) is 10.9 Å². The number of hydrogen-bond acceptors (Lipinski definition) is 1. The number of hydrogen-bond donors (Lipinski definition) is 0. The largest absolute Gasteiger partial charge is 0.456 e. The van der Waals surface area contributed by atoms with Gasteiger partial charge >= 0.3 is 0 Å². The summed E-state index contributed by atoms with van der Waals surface area (Å²) in [6, 6.07) is 50.3. The monoisotopic (exact) mass is 620 g/mol. The lowest BCUT2D eigenvalue weighted by Crippen LogP contribution is -2.29. The highest BCUT2D eigenvalue weighted by Gasteiger charge is 2.48. The summed E-state index contributed by atoms with van der Waals surface area (Å²) in [5.74, 6) is 1.84. The van der Waals surface area contributed by atoms with Crippen LogP contribution >= 0.6 is 0 Å². The zero-order chi connectivity index (χ0) is 33.0. The molecule has 9 rings (SSSR count). The molecular formula is C47H40O. The van der Waals surface area contributed by atoms with Gasteiger partial charge in [0.25, 0.3) is 0 Å². The van der Waals surface area contributed by atoms with Gasteiger partial charge in [-0.1, -0.05) is 157 Å². The summed E-state index contributed by atoms with van der Waals surface area (Å²) in [5.41, 5.74) is 12.4. The van der Waals surface area contributed by atoms with E-state index in [1.54, 1.807) is 0 Å². The Bertz CT molecular complexity index is 2350. The molecular weight excluding hydrogens is 581 g/mol. The van der Waals surface area contributed by atoms with Crippen molar-refractivity contribution >= 4 is 21.5 Å². The molecule has 7 aromatic carbocycles. The van der Waals surface area contributed by atoms with Crippen LogP contribution in [0.3, 0.4) is 0 Å². The number of fused-ring (bicyclic) bond motifs is 7. The van der Waals surface area contributed by atoms with Crippen molar-refractivity contribution < 1.29 is 4.74 Å². The topological polar surface area (TPSA) is 9.23 Å². The molecule has 0 fully saturated rings. The maximum absolute atomic E-state index is 6.79. The molecule has 0 spiro atoms. The van der Waals surface area contributed by atoms with E-state index in [4.69, 9.17) is 4.74 Å². The average molecular weight is 621 g/mol. The standard InChI is InChI=1S/C47H40O/c1-45(2,3)31-18-22-33(23-19-31)47(34-24-20-32(21-25-34)46(4,5)6)39-26-17-29-11-7-8-14-35(29)44(39)38-28-42-37(27-40(38)47)36-15-9-12-30-13-10-16-41(48-42)43(30)36/h7-28H,1-6H3. The van der Waals surface area contributed by atoms with E-state index in [-0.39, 0.29) is 10.8 Å². The zero-order valence-corrected chi connectivity index (χ0v) is 28.6. The van der Waals surface area contributed by atoms with Crippen LogP contribution in [-0.2, 0) is 16.2 Å². The van der Waals surface area contributed by atoms with Crippen LogP contribution in [0.5, 0.6) is 11.5 Å². The summed E-state index contributed by atoms with van der Waals surface area (Å²) in [4.78, 5) is 0. The summed E-state index contributed by atoms with van der Waals surface area (Å²) >= 11 is 0. The van der Waals surface area contributed by atoms with Crippen LogP contribution in [0, 0.1) is 0 Å². The van der Waals surface area contributed by atoms with Crippen LogP contribution in [0.4, 0.5) is 0 Å². The Morgan fingerprint density at radius 2 is 1.06 bits per heavy atom. The van der Waals surface area contributed by atoms with Crippen molar-refractivity contribution in [3.05, 3.63) is 167 Å². The van der Waals surface area contributed by atoms with Crippen LogP contribution in [-0.4, -0.2) is 0 Å². The lowest BCUT2D eigenvalue weighted by molar-refractivity contribution is 0.487. The maximum atomic E-state index is 6.79. The molecule has 1 heterocycles. The van der Waals surface area contributed by atoms with E-state index in [1.807, 2.05) is 0 Å². The van der Waals surface area contributed by atoms with Crippen LogP contribution in [0.2, 0.25) is 0 Å². The second-order valence-corrected chi connectivity index (χ2v) is 15.8. The normalized spacial score (nSPS) is 14.4. The first kappa shape index (κ1) is 29.0. The minimum absolute atomic E-state index is 0.0597.